The number of nitrogens with zero attached hydrogens (tertiary/aromatic N) is 2. The van der Waals surface area contributed by atoms with Gasteiger partial charge in [0, 0.05) is 12.6 Å². The van der Waals surface area contributed by atoms with Gasteiger partial charge in [-0.1, -0.05) is 133 Å². The first-order valence-electron chi connectivity index (χ1n) is 12.0. The Morgan fingerprint density at radius 2 is 1.06 bits per heavy atom. The van der Waals surface area contributed by atoms with Gasteiger partial charge < -0.3 is 4.57 Å². The summed E-state index contributed by atoms with van der Waals surface area (Å²) >= 11 is 0. The van der Waals surface area contributed by atoms with Crippen LogP contribution in [0.5, 0.6) is 0 Å². The Labute approximate surface area is 206 Å². The van der Waals surface area contributed by atoms with Crippen LogP contribution in [0.2, 0.25) is 0 Å². The molecule has 0 unspecified atom stereocenters. The zero-order chi connectivity index (χ0) is 23.5. The number of benzene rings is 5. The topological polar surface area (TPSA) is 17.8 Å². The van der Waals surface area contributed by atoms with E-state index >= 15 is 0 Å². The molecule has 0 saturated carbocycles. The first-order valence-corrected chi connectivity index (χ1v) is 12.0. The van der Waals surface area contributed by atoms with Crippen molar-refractivity contribution in [3.63, 3.8) is 0 Å². The molecule has 0 amide bonds. The fourth-order valence-electron chi connectivity index (χ4n) is 5.27. The Bertz CT molecular complexity index is 1450. The quantitative estimate of drug-likeness (QED) is 0.241. The molecular weight excluding hydrogens is 424 g/mol. The third kappa shape index (κ3) is 3.74. The van der Waals surface area contributed by atoms with Gasteiger partial charge in [0.1, 0.15) is 5.54 Å². The summed E-state index contributed by atoms with van der Waals surface area (Å²) in [5.41, 5.74) is 5.41. The first kappa shape index (κ1) is 21.1. The summed E-state index contributed by atoms with van der Waals surface area (Å²) in [6.45, 7) is 0. The summed E-state index contributed by atoms with van der Waals surface area (Å²) in [5, 5.41) is 2.54. The first-order chi connectivity index (χ1) is 17.4. The van der Waals surface area contributed by atoms with E-state index in [1.165, 1.54) is 33.0 Å². The number of imidazole rings is 1. The number of aromatic nitrogens is 2. The van der Waals surface area contributed by atoms with Crippen LogP contribution in [0.4, 0.5) is 0 Å². The zero-order valence-corrected chi connectivity index (χ0v) is 19.5. The van der Waals surface area contributed by atoms with Crippen molar-refractivity contribution < 1.29 is 0 Å². The predicted molar refractivity (Wildman–Crippen MR) is 144 cm³/mol. The van der Waals surface area contributed by atoms with Crippen molar-refractivity contribution in [1.82, 2.24) is 9.55 Å². The van der Waals surface area contributed by atoms with E-state index in [2.05, 4.69) is 144 Å². The molecule has 6 rings (SSSR count). The van der Waals surface area contributed by atoms with Crippen molar-refractivity contribution in [2.24, 2.45) is 0 Å². The Kier molecular flexibility index (Phi) is 5.48. The maximum atomic E-state index is 4.92. The molecule has 1 aromatic heterocycles. The molecule has 2 nitrogen and oxygen atoms in total. The average Bonchev–Trinajstić information content (AvgIpc) is 3.40. The van der Waals surface area contributed by atoms with Gasteiger partial charge in [-0.2, -0.15) is 0 Å². The normalized spacial score (nSPS) is 11.5. The molecule has 0 atom stereocenters. The van der Waals surface area contributed by atoms with E-state index in [1.54, 1.807) is 0 Å². The second kappa shape index (κ2) is 9.08. The van der Waals surface area contributed by atoms with Crippen LogP contribution < -0.4 is 0 Å². The van der Waals surface area contributed by atoms with Gasteiger partial charge in [-0.25, -0.2) is 4.98 Å². The lowest BCUT2D eigenvalue weighted by atomic mass is 9.77. The average molecular weight is 451 g/mol. The Hall–Kier alpha value is -4.43. The van der Waals surface area contributed by atoms with E-state index in [-0.39, 0.29) is 0 Å². The smallest absolute Gasteiger partial charge is 0.121 e. The molecule has 0 aliphatic rings. The van der Waals surface area contributed by atoms with Crippen LogP contribution >= 0.6 is 0 Å². The number of hydrogen-bond donors (Lipinski definition) is 0. The van der Waals surface area contributed by atoms with Gasteiger partial charge in [0.2, 0.25) is 0 Å². The molecule has 168 valence electrons. The van der Waals surface area contributed by atoms with Crippen molar-refractivity contribution >= 4 is 10.8 Å². The fraction of sp³-hybridized carbons (Fsp3) is 0.0606. The van der Waals surface area contributed by atoms with Gasteiger partial charge >= 0.3 is 0 Å². The van der Waals surface area contributed by atoms with E-state index in [9.17, 15) is 0 Å². The summed E-state index contributed by atoms with van der Waals surface area (Å²) < 4.78 is 2.29. The van der Waals surface area contributed by atoms with Gasteiger partial charge in [-0.05, 0) is 33.0 Å². The van der Waals surface area contributed by atoms with Crippen molar-refractivity contribution in [3.05, 3.63) is 174 Å². The minimum absolute atomic E-state index is 0.534. The fourth-order valence-corrected chi connectivity index (χ4v) is 5.27. The zero-order valence-electron chi connectivity index (χ0n) is 19.5. The van der Waals surface area contributed by atoms with Gasteiger partial charge in [0.15, 0.2) is 0 Å². The molecule has 0 radical (unpaired) electrons. The predicted octanol–water partition coefficient (Wildman–Crippen LogP) is 7.47. The number of hydrogen-bond acceptors (Lipinski definition) is 1. The highest BCUT2D eigenvalue weighted by Crippen LogP contribution is 2.40. The highest BCUT2D eigenvalue weighted by molar-refractivity contribution is 5.85. The molecule has 2 heteroatoms. The molecular formula is C33H26N2. The molecule has 0 saturated heterocycles. The Balaban J connectivity index is 1.54. The van der Waals surface area contributed by atoms with Crippen LogP contribution in [0.3, 0.4) is 0 Å². The van der Waals surface area contributed by atoms with Crippen LogP contribution in [-0.4, -0.2) is 9.55 Å². The largest absolute Gasteiger partial charge is 0.319 e. The molecule has 0 bridgehead atoms. The molecule has 0 spiro atoms. The summed E-state index contributed by atoms with van der Waals surface area (Å²) in [6.07, 6.45) is 4.99. The second-order valence-corrected chi connectivity index (χ2v) is 8.90. The number of fused-ring (bicyclic) bond motifs is 1. The second-order valence-electron chi connectivity index (χ2n) is 8.90. The lowest BCUT2D eigenvalue weighted by Crippen LogP contribution is -2.36. The molecule has 0 aliphatic carbocycles. The Morgan fingerprint density at radius 1 is 0.543 bits per heavy atom. The van der Waals surface area contributed by atoms with E-state index in [4.69, 9.17) is 4.98 Å². The molecule has 35 heavy (non-hydrogen) atoms. The van der Waals surface area contributed by atoms with E-state index < -0.39 is 5.54 Å². The monoisotopic (exact) mass is 450 g/mol. The molecule has 1 heterocycles. The van der Waals surface area contributed by atoms with Gasteiger partial charge in [0.05, 0.1) is 12.0 Å². The minimum atomic E-state index is -0.534. The Morgan fingerprint density at radius 3 is 1.66 bits per heavy atom. The summed E-state index contributed by atoms with van der Waals surface area (Å²) in [6, 6.07) is 47.3. The molecule has 0 fully saturated rings. The third-order valence-corrected chi connectivity index (χ3v) is 6.85. The standard InChI is InChI=1S/C33H26N2/c1-4-16-28(17-5-1)33(29-18-6-2-7-19-29,30-20-8-3-9-21-30)35-24-31(34-25-35)23-27-15-12-14-26-13-10-11-22-32(26)27/h1-22,24-25H,23H2. The van der Waals surface area contributed by atoms with Gasteiger partial charge in [-0.15, -0.1) is 0 Å². The van der Waals surface area contributed by atoms with Gasteiger partial charge in [-0.3, -0.25) is 0 Å². The summed E-state index contributed by atoms with van der Waals surface area (Å²) in [7, 11) is 0. The lowest BCUT2D eigenvalue weighted by Gasteiger charge is -2.37. The highest BCUT2D eigenvalue weighted by Gasteiger charge is 2.38. The van der Waals surface area contributed by atoms with Crippen LogP contribution in [0.25, 0.3) is 10.8 Å². The van der Waals surface area contributed by atoms with Crippen molar-refractivity contribution in [1.29, 1.82) is 0 Å². The number of rotatable bonds is 6. The van der Waals surface area contributed by atoms with Gasteiger partial charge in [0.25, 0.3) is 0 Å². The maximum absolute atomic E-state index is 4.92. The molecule has 6 aromatic rings. The van der Waals surface area contributed by atoms with Crippen molar-refractivity contribution in [3.8, 4) is 0 Å². The van der Waals surface area contributed by atoms with Crippen molar-refractivity contribution in [2.75, 3.05) is 0 Å². The van der Waals surface area contributed by atoms with Crippen LogP contribution in [0.15, 0.2) is 146 Å². The SMILES string of the molecule is c1ccc(C(c2ccccc2)(c2ccccc2)n2cnc(Cc3cccc4ccccc34)c2)cc1. The minimum Gasteiger partial charge on any atom is -0.319 e. The summed E-state index contributed by atoms with van der Waals surface area (Å²) in [4.78, 5) is 4.92. The van der Waals surface area contributed by atoms with Crippen molar-refractivity contribution in [2.45, 2.75) is 12.0 Å². The van der Waals surface area contributed by atoms with E-state index in [0.29, 0.717) is 0 Å². The lowest BCUT2D eigenvalue weighted by molar-refractivity contribution is 0.514. The van der Waals surface area contributed by atoms with E-state index in [1.807, 2.05) is 6.33 Å². The van der Waals surface area contributed by atoms with Crippen LogP contribution in [0, 0.1) is 0 Å². The van der Waals surface area contributed by atoms with E-state index in [0.717, 1.165) is 12.1 Å². The van der Waals surface area contributed by atoms with Crippen LogP contribution in [0.1, 0.15) is 27.9 Å². The summed E-state index contributed by atoms with van der Waals surface area (Å²) in [5.74, 6) is 0. The molecule has 0 aliphatic heterocycles. The molecule has 0 N–H and O–H groups in total. The maximum Gasteiger partial charge on any atom is 0.121 e. The highest BCUT2D eigenvalue weighted by atomic mass is 15.1. The van der Waals surface area contributed by atoms with Crippen LogP contribution in [-0.2, 0) is 12.0 Å². The molecule has 5 aromatic carbocycles. The third-order valence-electron chi connectivity index (χ3n) is 6.85.